The summed E-state index contributed by atoms with van der Waals surface area (Å²) in [5.74, 6) is 0.666. The van der Waals surface area contributed by atoms with Gasteiger partial charge in [0.25, 0.3) is 0 Å². The Balaban J connectivity index is 1.11. The van der Waals surface area contributed by atoms with E-state index in [1.54, 1.807) is 0 Å². The van der Waals surface area contributed by atoms with Gasteiger partial charge in [-0.3, -0.25) is 19.3 Å². The van der Waals surface area contributed by atoms with Crippen LogP contribution >= 0.6 is 0 Å². The molecule has 3 amide bonds. The lowest BCUT2D eigenvalue weighted by atomic mass is 9.53. The minimum atomic E-state index is -0.222. The first kappa shape index (κ1) is 25.3. The van der Waals surface area contributed by atoms with Gasteiger partial charge in [-0.15, -0.1) is 0 Å². The number of unbranched alkanes of at least 4 members (excludes halogenated alkanes) is 4. The standard InChI is InChI=1S/C31H40N4O4/c1-2-3-4-5-6-7-26(36)32-17-27(37)33-20-8-9-23-22(14-20)31-11-12-34-18-19-10-13-39-24-16-28(38)35(23)30(31)29(24)21(19)15-25(31)34/h8-10,14,21,24-25,29-30H,2-7,11-13,15-18H2,1H3,(H,32,36)(H,33,37)/t21-,24-,25-,29-,30-,31+/m0/s1. The smallest absolute Gasteiger partial charge is 0.243 e. The molecule has 39 heavy (non-hydrogen) atoms. The van der Waals surface area contributed by atoms with Crippen LogP contribution in [0.15, 0.2) is 29.8 Å². The van der Waals surface area contributed by atoms with E-state index >= 15 is 0 Å². The van der Waals surface area contributed by atoms with Crippen molar-refractivity contribution in [2.75, 3.05) is 36.5 Å². The molecule has 8 nitrogen and oxygen atoms in total. The highest BCUT2D eigenvalue weighted by molar-refractivity contribution is 6.00. The highest BCUT2D eigenvalue weighted by Crippen LogP contribution is 2.65. The molecule has 208 valence electrons. The molecule has 1 spiro atoms. The van der Waals surface area contributed by atoms with Crippen LogP contribution in [-0.4, -0.2) is 67.1 Å². The molecule has 2 N–H and O–H groups in total. The van der Waals surface area contributed by atoms with E-state index in [2.05, 4.69) is 39.5 Å². The first-order valence-electron chi connectivity index (χ1n) is 15.1. The summed E-state index contributed by atoms with van der Waals surface area (Å²) in [6, 6.07) is 6.57. The number of nitrogens with one attached hydrogen (secondary N) is 2. The first-order chi connectivity index (χ1) is 19.0. The molecule has 1 aliphatic carbocycles. The molecule has 6 atom stereocenters. The van der Waals surface area contributed by atoms with E-state index in [4.69, 9.17) is 4.74 Å². The van der Waals surface area contributed by atoms with Crippen LogP contribution in [0.25, 0.3) is 0 Å². The Morgan fingerprint density at radius 1 is 1.15 bits per heavy atom. The van der Waals surface area contributed by atoms with E-state index in [0.29, 0.717) is 37.3 Å². The SMILES string of the molecule is CCCCCCCC(=O)NCC(=O)Nc1ccc2c(c1)[C@@]13CCN4CC5=CCO[C@H]6CC(=O)N2[C@H]1[C@H]6[C@H]5C[C@H]43. The van der Waals surface area contributed by atoms with Crippen LogP contribution in [0, 0.1) is 11.8 Å². The molecule has 5 aliphatic heterocycles. The quantitative estimate of drug-likeness (QED) is 0.375. The number of benzene rings is 1. The second-order valence-corrected chi connectivity index (χ2v) is 12.5. The lowest BCUT2D eigenvalue weighted by Crippen LogP contribution is -2.69. The number of carbonyl (C=O) groups is 3. The predicted octanol–water partition coefficient (Wildman–Crippen LogP) is 3.51. The number of hydrogen-bond donors (Lipinski definition) is 2. The molecule has 3 saturated heterocycles. The van der Waals surface area contributed by atoms with Crippen molar-refractivity contribution in [1.29, 1.82) is 0 Å². The van der Waals surface area contributed by atoms with Crippen molar-refractivity contribution in [3.8, 4) is 0 Å². The molecule has 5 heterocycles. The Labute approximate surface area is 230 Å². The van der Waals surface area contributed by atoms with Gasteiger partial charge in [0.1, 0.15) is 0 Å². The van der Waals surface area contributed by atoms with Gasteiger partial charge in [0.15, 0.2) is 0 Å². The van der Waals surface area contributed by atoms with Gasteiger partial charge in [-0.1, -0.05) is 44.3 Å². The Kier molecular flexibility index (Phi) is 6.31. The minimum Gasteiger partial charge on any atom is -0.373 e. The van der Waals surface area contributed by atoms with Gasteiger partial charge in [-0.05, 0) is 55.5 Å². The Morgan fingerprint density at radius 2 is 2.03 bits per heavy atom. The molecule has 2 bridgehead atoms. The van der Waals surface area contributed by atoms with Crippen molar-refractivity contribution in [2.45, 2.75) is 88.3 Å². The van der Waals surface area contributed by atoms with Gasteiger partial charge < -0.3 is 20.3 Å². The van der Waals surface area contributed by atoms with Crippen molar-refractivity contribution in [3.05, 3.63) is 35.4 Å². The number of anilines is 2. The number of fused-ring (bicyclic) bond motifs is 2. The lowest BCUT2D eigenvalue weighted by molar-refractivity contribution is -0.132. The first-order valence-corrected chi connectivity index (χ1v) is 15.1. The number of hydrogen-bond acceptors (Lipinski definition) is 5. The molecule has 0 unspecified atom stereocenters. The summed E-state index contributed by atoms with van der Waals surface area (Å²) in [7, 11) is 0. The summed E-state index contributed by atoms with van der Waals surface area (Å²) in [6.45, 7) is 4.79. The van der Waals surface area contributed by atoms with E-state index in [9.17, 15) is 14.4 Å². The van der Waals surface area contributed by atoms with E-state index in [0.717, 1.165) is 56.6 Å². The number of nitrogens with zero attached hydrogens (tertiary/aromatic N) is 2. The lowest BCUT2D eigenvalue weighted by Gasteiger charge is -2.58. The summed E-state index contributed by atoms with van der Waals surface area (Å²) in [4.78, 5) is 43.3. The van der Waals surface area contributed by atoms with Gasteiger partial charge in [0, 0.05) is 41.7 Å². The zero-order valence-corrected chi connectivity index (χ0v) is 22.9. The monoisotopic (exact) mass is 532 g/mol. The van der Waals surface area contributed by atoms with Crippen LogP contribution in [0.1, 0.15) is 70.3 Å². The summed E-state index contributed by atoms with van der Waals surface area (Å²) in [6.07, 6.45) is 10.8. The van der Waals surface area contributed by atoms with Crippen LogP contribution in [0.5, 0.6) is 0 Å². The van der Waals surface area contributed by atoms with E-state index in [-0.39, 0.29) is 41.8 Å². The second kappa shape index (κ2) is 9.73. The number of carbonyl (C=O) groups excluding carboxylic acids is 3. The second-order valence-electron chi connectivity index (χ2n) is 12.5. The van der Waals surface area contributed by atoms with Crippen molar-refractivity contribution in [1.82, 2.24) is 10.2 Å². The van der Waals surface area contributed by atoms with Crippen molar-refractivity contribution in [2.24, 2.45) is 11.8 Å². The zero-order chi connectivity index (χ0) is 26.7. The normalized spacial score (nSPS) is 33.4. The molecule has 8 heteroatoms. The van der Waals surface area contributed by atoms with Gasteiger partial charge in [-0.2, -0.15) is 0 Å². The highest BCUT2D eigenvalue weighted by atomic mass is 16.5. The number of rotatable bonds is 9. The number of ether oxygens (including phenoxy) is 1. The summed E-state index contributed by atoms with van der Waals surface area (Å²) < 4.78 is 6.32. The molecule has 0 aromatic heterocycles. The average Bonchev–Trinajstić information content (AvgIpc) is 3.40. The maximum atomic E-state index is 13.6. The fourth-order valence-electron chi connectivity index (χ4n) is 8.99. The minimum absolute atomic E-state index is 0.0220. The van der Waals surface area contributed by atoms with Crippen LogP contribution in [0.2, 0.25) is 0 Å². The van der Waals surface area contributed by atoms with Crippen LogP contribution in [-0.2, 0) is 24.5 Å². The van der Waals surface area contributed by atoms with E-state index < -0.39 is 0 Å². The fraction of sp³-hybridized carbons (Fsp3) is 0.645. The molecule has 1 saturated carbocycles. The molecule has 6 aliphatic rings. The van der Waals surface area contributed by atoms with Crippen molar-refractivity contribution >= 4 is 29.1 Å². The largest absolute Gasteiger partial charge is 0.373 e. The summed E-state index contributed by atoms with van der Waals surface area (Å²) in [5.41, 5.74) is 4.34. The van der Waals surface area contributed by atoms with Gasteiger partial charge >= 0.3 is 0 Å². The van der Waals surface area contributed by atoms with E-state index in [1.807, 2.05) is 12.1 Å². The van der Waals surface area contributed by atoms with Gasteiger partial charge in [-0.25, -0.2) is 0 Å². The Morgan fingerprint density at radius 3 is 2.90 bits per heavy atom. The molecule has 0 radical (unpaired) electrons. The van der Waals surface area contributed by atoms with E-state index in [1.165, 1.54) is 24.0 Å². The molecular weight excluding hydrogens is 492 g/mol. The fourth-order valence-corrected chi connectivity index (χ4v) is 8.99. The molecule has 7 rings (SSSR count). The van der Waals surface area contributed by atoms with Crippen molar-refractivity contribution < 1.29 is 19.1 Å². The third-order valence-corrected chi connectivity index (χ3v) is 10.5. The Bertz CT molecular complexity index is 1230. The van der Waals surface area contributed by atoms with Gasteiger partial charge in [0.2, 0.25) is 17.7 Å². The molecular formula is C31H40N4O4. The number of piperidine rings is 2. The molecule has 1 aromatic carbocycles. The third kappa shape index (κ3) is 3.89. The highest BCUT2D eigenvalue weighted by Gasteiger charge is 2.71. The maximum Gasteiger partial charge on any atom is 0.243 e. The number of amides is 3. The zero-order valence-electron chi connectivity index (χ0n) is 22.9. The van der Waals surface area contributed by atoms with Crippen molar-refractivity contribution in [3.63, 3.8) is 0 Å². The summed E-state index contributed by atoms with van der Waals surface area (Å²) >= 11 is 0. The molecule has 4 fully saturated rings. The average molecular weight is 533 g/mol. The Hall–Kier alpha value is -2.71. The van der Waals surface area contributed by atoms with Crippen LogP contribution in [0.3, 0.4) is 0 Å². The predicted molar refractivity (Wildman–Crippen MR) is 148 cm³/mol. The molecule has 1 aromatic rings. The topological polar surface area (TPSA) is 91.0 Å². The summed E-state index contributed by atoms with van der Waals surface area (Å²) in [5, 5.41) is 5.79. The third-order valence-electron chi connectivity index (χ3n) is 10.5. The van der Waals surface area contributed by atoms with Crippen LogP contribution in [0.4, 0.5) is 11.4 Å². The maximum absolute atomic E-state index is 13.6. The van der Waals surface area contributed by atoms with Gasteiger partial charge in [0.05, 0.1) is 31.7 Å². The van der Waals surface area contributed by atoms with Crippen LogP contribution < -0.4 is 15.5 Å².